The summed E-state index contributed by atoms with van der Waals surface area (Å²) in [7, 11) is -13.9. The number of aryl methyl sites for hydroxylation is 2. The molecule has 0 heterocycles. The van der Waals surface area contributed by atoms with Crippen LogP contribution in [0.3, 0.4) is 0 Å². The molecule has 0 aromatic heterocycles. The van der Waals surface area contributed by atoms with Gasteiger partial charge in [-0.25, -0.2) is 0 Å². The Bertz CT molecular complexity index is 1240. The first-order valence-corrected chi connectivity index (χ1v) is 20.9. The van der Waals surface area contributed by atoms with Gasteiger partial charge >= 0.3 is 267 Å². The van der Waals surface area contributed by atoms with Crippen molar-refractivity contribution in [1.82, 2.24) is 1.92 Å². The van der Waals surface area contributed by atoms with E-state index in [2.05, 4.69) is 13.8 Å². The molecule has 0 bridgehead atoms. The number of benzene rings is 2. The summed E-state index contributed by atoms with van der Waals surface area (Å²) in [6.07, 6.45) is 13.5. The van der Waals surface area contributed by atoms with Crippen LogP contribution in [0, 0.1) is 7.14 Å². The van der Waals surface area contributed by atoms with Crippen LogP contribution in [0.25, 0.3) is 0 Å². The maximum absolute atomic E-state index is 13.8. The fraction of sp³-hybridized carbons (Fsp3) is 0.600. The molecule has 0 aliphatic heterocycles. The van der Waals surface area contributed by atoms with Crippen molar-refractivity contribution in [1.29, 1.82) is 0 Å². The number of halogens is 7. The first-order valence-electron chi connectivity index (χ1n) is 14.9. The molecule has 0 N–H and O–H groups in total. The first-order chi connectivity index (χ1) is 20.6. The zero-order chi connectivity index (χ0) is 33.0. The molecule has 0 saturated heterocycles. The topological polar surface area (TPSA) is 71.5 Å². The van der Waals surface area contributed by atoms with Crippen molar-refractivity contribution < 1.29 is 43.2 Å². The summed E-state index contributed by atoms with van der Waals surface area (Å²) in [6.45, 7) is 4.20. The van der Waals surface area contributed by atoms with Gasteiger partial charge in [0.1, 0.15) is 0 Å². The molecule has 0 fully saturated rings. The van der Waals surface area contributed by atoms with Crippen LogP contribution >= 0.6 is 20.1 Å². The van der Waals surface area contributed by atoms with E-state index < -0.39 is 53.1 Å². The van der Waals surface area contributed by atoms with E-state index in [9.17, 15) is 43.2 Å². The van der Waals surface area contributed by atoms with E-state index >= 15 is 0 Å². The SMILES string of the molecule is CCCCCCCCc1ccc(I(c2ccc(CCCCCCCC)cc2)N(S(=O)(=O)C(F)(F)F)S(=O)(=O)C(F)(F)F)cc1. The van der Waals surface area contributed by atoms with Crippen LogP contribution < -0.4 is 0 Å². The van der Waals surface area contributed by atoms with E-state index in [-0.39, 0.29) is 7.14 Å². The predicted molar refractivity (Wildman–Crippen MR) is 170 cm³/mol. The van der Waals surface area contributed by atoms with Crippen molar-refractivity contribution in [2.75, 3.05) is 0 Å². The van der Waals surface area contributed by atoms with Gasteiger partial charge < -0.3 is 0 Å². The molecule has 0 saturated carbocycles. The summed E-state index contributed by atoms with van der Waals surface area (Å²) in [4.78, 5) is 0. The van der Waals surface area contributed by atoms with E-state index in [4.69, 9.17) is 0 Å². The van der Waals surface area contributed by atoms with Crippen molar-refractivity contribution in [3.05, 3.63) is 66.8 Å². The Morgan fingerprint density at radius 1 is 0.523 bits per heavy atom. The van der Waals surface area contributed by atoms with Gasteiger partial charge in [0, 0.05) is 0 Å². The molecule has 5 nitrogen and oxygen atoms in total. The van der Waals surface area contributed by atoms with Gasteiger partial charge in [0.15, 0.2) is 0 Å². The summed E-state index contributed by atoms with van der Waals surface area (Å²) in [5, 5.41) is 0. The van der Waals surface area contributed by atoms with Crippen LogP contribution in [0.2, 0.25) is 0 Å². The molecule has 44 heavy (non-hydrogen) atoms. The van der Waals surface area contributed by atoms with E-state index in [1.165, 1.54) is 48.5 Å². The van der Waals surface area contributed by atoms with Gasteiger partial charge in [-0.2, -0.15) is 0 Å². The Labute approximate surface area is 265 Å². The molecule has 14 heteroatoms. The van der Waals surface area contributed by atoms with Crippen LogP contribution in [0.5, 0.6) is 0 Å². The number of sulfonamides is 2. The monoisotopic (exact) mass is 785 g/mol. The number of hydrogen-bond acceptors (Lipinski definition) is 4. The van der Waals surface area contributed by atoms with Gasteiger partial charge in [0.2, 0.25) is 0 Å². The second-order valence-electron chi connectivity index (χ2n) is 10.6. The average Bonchev–Trinajstić information content (AvgIpc) is 2.95. The first kappa shape index (κ1) is 38.8. The fourth-order valence-electron chi connectivity index (χ4n) is 4.52. The van der Waals surface area contributed by atoms with Crippen LogP contribution in [0.1, 0.15) is 102 Å². The third kappa shape index (κ3) is 10.9. The van der Waals surface area contributed by atoms with Crippen molar-refractivity contribution >= 4 is 40.1 Å². The average molecular weight is 786 g/mol. The van der Waals surface area contributed by atoms with E-state index in [0.29, 0.717) is 12.8 Å². The van der Waals surface area contributed by atoms with Crippen molar-refractivity contribution in [2.45, 2.75) is 115 Å². The molecule has 0 atom stereocenters. The number of alkyl halides is 6. The summed E-state index contributed by atoms with van der Waals surface area (Å²) < 4.78 is 132. The Balaban J connectivity index is 2.50. The number of hydrogen-bond donors (Lipinski definition) is 0. The molecule has 0 radical (unpaired) electrons. The van der Waals surface area contributed by atoms with Gasteiger partial charge in [-0.3, -0.25) is 0 Å². The molecule has 0 amide bonds. The molecule has 2 rings (SSSR count). The predicted octanol–water partition coefficient (Wildman–Crippen LogP) is 9.95. The Morgan fingerprint density at radius 3 is 1.11 bits per heavy atom. The van der Waals surface area contributed by atoms with E-state index in [0.717, 1.165) is 88.2 Å². The third-order valence-electron chi connectivity index (χ3n) is 6.98. The zero-order valence-corrected chi connectivity index (χ0v) is 28.9. The molecule has 2 aromatic rings. The second kappa shape index (κ2) is 17.5. The van der Waals surface area contributed by atoms with Gasteiger partial charge in [-0.1, -0.05) is 0 Å². The van der Waals surface area contributed by atoms with Crippen LogP contribution in [0.4, 0.5) is 26.3 Å². The number of rotatable bonds is 19. The van der Waals surface area contributed by atoms with Gasteiger partial charge in [0.25, 0.3) is 0 Å². The Kier molecular flexibility index (Phi) is 15.4. The summed E-state index contributed by atoms with van der Waals surface area (Å²) in [5.41, 5.74) is -11.0. The fourth-order valence-corrected chi connectivity index (χ4v) is 17.0. The molecule has 252 valence electrons. The third-order valence-corrected chi connectivity index (χ3v) is 19.6. The quantitative estimate of drug-likeness (QED) is 0.0616. The normalized spacial score (nSPS) is 13.4. The van der Waals surface area contributed by atoms with Crippen LogP contribution in [-0.2, 0) is 32.9 Å². The molecule has 0 aliphatic carbocycles. The minimum atomic E-state index is -6.95. The molecule has 0 aliphatic rings. The van der Waals surface area contributed by atoms with Crippen molar-refractivity contribution in [3.8, 4) is 0 Å². The molecular formula is C30H42F6INO4S2. The number of unbranched alkanes of at least 4 members (excludes halogenated alkanes) is 10. The summed E-state index contributed by atoms with van der Waals surface area (Å²) in [6, 6.07) is 11.1. The zero-order valence-electron chi connectivity index (χ0n) is 25.1. The molecule has 2 aromatic carbocycles. The van der Waals surface area contributed by atoms with Gasteiger partial charge in [0.05, 0.1) is 0 Å². The molecular weight excluding hydrogens is 743 g/mol. The second-order valence-corrected chi connectivity index (χ2v) is 20.7. The number of nitrogens with zero attached hydrogens (tertiary/aromatic N) is 1. The Morgan fingerprint density at radius 2 is 0.818 bits per heavy atom. The van der Waals surface area contributed by atoms with Gasteiger partial charge in [-0.15, -0.1) is 0 Å². The Hall–Kier alpha value is -1.39. The standard InChI is InChI=1S/C30H42F6INO4S2/c1-3-5-7-9-11-13-15-25-17-21-27(22-18-25)37(28-23-19-26(20-24-28)16-14-12-10-8-6-4-2)38(43(39,40)29(31,32)33)44(41,42)30(34,35)36/h17-24H,3-16H2,1-2H3. The molecule has 0 spiro atoms. The van der Waals surface area contributed by atoms with Crippen LogP contribution in [0.15, 0.2) is 48.5 Å². The summed E-state index contributed by atoms with van der Waals surface area (Å²) >= 11 is -4.69. The summed E-state index contributed by atoms with van der Waals surface area (Å²) in [5.74, 6) is 0. The maximum atomic E-state index is 13.8. The minimum absolute atomic E-state index is 0.190. The van der Waals surface area contributed by atoms with Crippen molar-refractivity contribution in [2.24, 2.45) is 0 Å². The van der Waals surface area contributed by atoms with Gasteiger partial charge in [-0.05, 0) is 0 Å². The van der Waals surface area contributed by atoms with E-state index in [1.54, 1.807) is 0 Å². The van der Waals surface area contributed by atoms with Crippen molar-refractivity contribution in [3.63, 3.8) is 0 Å². The molecule has 0 unspecified atom stereocenters. The van der Waals surface area contributed by atoms with E-state index in [1.807, 2.05) is 0 Å². The van der Waals surface area contributed by atoms with Crippen LogP contribution in [-0.4, -0.2) is 29.8 Å².